The third-order valence-electron chi connectivity index (χ3n) is 7.61. The quantitative estimate of drug-likeness (QED) is 0.417. The van der Waals surface area contributed by atoms with E-state index < -0.39 is 41.9 Å². The SMILES string of the molecule is CC(O)[C@H]1C(=O)N[C@H](Cc2ccccc2)C(=O)NCC#Cc2ccc(F)cc2OCCN[C@@H](C2(C)CC2)C(=O)N1C. The van der Waals surface area contributed by atoms with E-state index in [2.05, 4.69) is 27.8 Å². The summed E-state index contributed by atoms with van der Waals surface area (Å²) < 4.78 is 19.8. The average molecular weight is 565 g/mol. The van der Waals surface area contributed by atoms with Crippen molar-refractivity contribution < 1.29 is 28.6 Å². The Morgan fingerprint density at radius 3 is 2.56 bits per heavy atom. The van der Waals surface area contributed by atoms with Crippen LogP contribution in [0.4, 0.5) is 4.39 Å². The Bertz CT molecular complexity index is 1320. The van der Waals surface area contributed by atoms with Crippen LogP contribution in [0.1, 0.15) is 37.8 Å². The summed E-state index contributed by atoms with van der Waals surface area (Å²) in [5, 5.41) is 19.3. The predicted molar refractivity (Wildman–Crippen MR) is 151 cm³/mol. The molecule has 4 rings (SSSR count). The monoisotopic (exact) mass is 564 g/mol. The van der Waals surface area contributed by atoms with Crippen molar-refractivity contribution in [1.29, 1.82) is 0 Å². The van der Waals surface area contributed by atoms with Crippen LogP contribution in [0, 0.1) is 23.1 Å². The molecule has 0 bridgehead atoms. The minimum atomic E-state index is -1.23. The third kappa shape index (κ3) is 7.63. The molecule has 2 aromatic carbocycles. The van der Waals surface area contributed by atoms with Crippen LogP contribution in [0.2, 0.25) is 0 Å². The Hall–Kier alpha value is -3.94. The highest BCUT2D eigenvalue weighted by Gasteiger charge is 2.50. The molecule has 10 heteroatoms. The van der Waals surface area contributed by atoms with Gasteiger partial charge in [-0.05, 0) is 42.9 Å². The highest BCUT2D eigenvalue weighted by atomic mass is 19.1. The molecule has 1 unspecified atom stereocenters. The first-order chi connectivity index (χ1) is 19.6. The number of aliphatic hydroxyl groups is 1. The summed E-state index contributed by atoms with van der Waals surface area (Å²) >= 11 is 0. The number of nitrogens with one attached hydrogen (secondary N) is 3. The van der Waals surface area contributed by atoms with Crippen molar-refractivity contribution in [3.8, 4) is 17.6 Å². The number of nitrogens with zero attached hydrogens (tertiary/aromatic N) is 1. The van der Waals surface area contributed by atoms with Gasteiger partial charge in [-0.2, -0.15) is 0 Å². The van der Waals surface area contributed by atoms with Crippen molar-refractivity contribution in [3.63, 3.8) is 0 Å². The van der Waals surface area contributed by atoms with E-state index in [9.17, 15) is 23.9 Å². The Kier molecular flexibility index (Phi) is 9.63. The molecule has 4 N–H and O–H groups in total. The van der Waals surface area contributed by atoms with Gasteiger partial charge in [0.05, 0.1) is 24.3 Å². The Morgan fingerprint density at radius 2 is 1.88 bits per heavy atom. The molecule has 1 fully saturated rings. The number of likely N-dealkylation sites (N-methyl/N-ethyl adjacent to an activating group) is 1. The van der Waals surface area contributed by atoms with Crippen LogP contribution < -0.4 is 20.7 Å². The number of ether oxygens (including phenoxy) is 1. The van der Waals surface area contributed by atoms with E-state index in [0.717, 1.165) is 18.4 Å². The fourth-order valence-electron chi connectivity index (χ4n) is 4.97. The van der Waals surface area contributed by atoms with Crippen LogP contribution >= 0.6 is 0 Å². The van der Waals surface area contributed by atoms with Crippen LogP contribution in [-0.2, 0) is 20.8 Å². The van der Waals surface area contributed by atoms with E-state index in [0.29, 0.717) is 5.56 Å². The van der Waals surface area contributed by atoms with Gasteiger partial charge in [-0.25, -0.2) is 4.39 Å². The second-order valence-electron chi connectivity index (χ2n) is 10.9. The lowest BCUT2D eigenvalue weighted by Gasteiger charge is -2.35. The normalized spacial score (nSPS) is 24.3. The molecule has 0 spiro atoms. The molecule has 0 saturated heterocycles. The molecule has 9 nitrogen and oxygen atoms in total. The third-order valence-corrected chi connectivity index (χ3v) is 7.61. The maximum atomic E-state index is 14.0. The highest BCUT2D eigenvalue weighted by molar-refractivity contribution is 5.94. The summed E-state index contributed by atoms with van der Waals surface area (Å²) in [7, 11) is 1.48. The van der Waals surface area contributed by atoms with Gasteiger partial charge in [0, 0.05) is 26.1 Å². The van der Waals surface area contributed by atoms with Crippen LogP contribution in [0.25, 0.3) is 0 Å². The molecule has 4 atom stereocenters. The second-order valence-corrected chi connectivity index (χ2v) is 10.9. The van der Waals surface area contributed by atoms with Gasteiger partial charge in [-0.15, -0.1) is 0 Å². The van der Waals surface area contributed by atoms with Crippen LogP contribution in [0.3, 0.4) is 0 Å². The van der Waals surface area contributed by atoms with Crippen molar-refractivity contribution >= 4 is 17.7 Å². The van der Waals surface area contributed by atoms with E-state index in [1.54, 1.807) is 0 Å². The second kappa shape index (κ2) is 13.1. The van der Waals surface area contributed by atoms with Gasteiger partial charge < -0.3 is 30.7 Å². The largest absolute Gasteiger partial charge is 0.491 e. The lowest BCUT2D eigenvalue weighted by atomic mass is 9.96. The lowest BCUT2D eigenvalue weighted by molar-refractivity contribution is -0.146. The summed E-state index contributed by atoms with van der Waals surface area (Å²) in [5.74, 6) is 4.08. The first-order valence-corrected chi connectivity index (χ1v) is 13.8. The number of halogens is 1. The van der Waals surface area contributed by atoms with Crippen molar-refractivity contribution in [2.24, 2.45) is 5.41 Å². The molecule has 3 amide bonds. The van der Waals surface area contributed by atoms with E-state index in [-0.39, 0.29) is 43.2 Å². The number of carbonyl (C=O) groups is 3. The van der Waals surface area contributed by atoms with Crippen LogP contribution in [0.15, 0.2) is 48.5 Å². The first-order valence-electron chi connectivity index (χ1n) is 13.8. The summed E-state index contributed by atoms with van der Waals surface area (Å²) in [6, 6.07) is 10.4. The van der Waals surface area contributed by atoms with Gasteiger partial charge in [0.2, 0.25) is 17.7 Å². The Balaban J connectivity index is 1.66. The van der Waals surface area contributed by atoms with E-state index in [1.165, 1.54) is 37.1 Å². The summed E-state index contributed by atoms with van der Waals surface area (Å²) in [6.07, 6.45) is 0.621. The van der Waals surface area contributed by atoms with Gasteiger partial charge in [-0.3, -0.25) is 14.4 Å². The zero-order valence-electron chi connectivity index (χ0n) is 23.6. The summed E-state index contributed by atoms with van der Waals surface area (Å²) in [6.45, 7) is 3.82. The van der Waals surface area contributed by atoms with Gasteiger partial charge in [-0.1, -0.05) is 49.1 Å². The number of fused-ring (bicyclic) bond motifs is 1. The van der Waals surface area contributed by atoms with Gasteiger partial charge in [0.25, 0.3) is 0 Å². The topological polar surface area (TPSA) is 120 Å². The molecular weight excluding hydrogens is 527 g/mol. The standard InChI is InChI=1S/C31H37FN4O5/c1-20(37)26-29(39)35-24(18-21-8-5-4-6-9-21)28(38)34-15-7-10-22-11-12-23(32)19-25(22)41-17-16-33-27(30(40)36(26)3)31(2)13-14-31/h4-6,8-9,11-12,19-20,24,26-27,33,37H,13-18H2,1-3H3,(H,34,38)(H,35,39)/t20?,24-,26+,27-/m1/s1. The zero-order valence-corrected chi connectivity index (χ0v) is 23.6. The molecule has 1 aliphatic heterocycles. The summed E-state index contributed by atoms with van der Waals surface area (Å²) in [5.41, 5.74) is 0.951. The van der Waals surface area contributed by atoms with Gasteiger partial charge in [0.15, 0.2) is 0 Å². The number of benzene rings is 2. The molecule has 0 aromatic heterocycles. The molecule has 1 heterocycles. The maximum Gasteiger partial charge on any atom is 0.246 e. The molecule has 2 aromatic rings. The molecular formula is C31H37FN4O5. The van der Waals surface area contributed by atoms with Crippen molar-refractivity contribution in [1.82, 2.24) is 20.9 Å². The van der Waals surface area contributed by atoms with E-state index >= 15 is 0 Å². The van der Waals surface area contributed by atoms with Crippen molar-refractivity contribution in [3.05, 3.63) is 65.5 Å². The first kappa shape index (κ1) is 30.0. The number of amides is 3. The van der Waals surface area contributed by atoms with Gasteiger partial charge >= 0.3 is 0 Å². The average Bonchev–Trinajstić information content (AvgIpc) is 3.68. The lowest BCUT2D eigenvalue weighted by Crippen LogP contribution is -2.61. The van der Waals surface area contributed by atoms with Crippen LogP contribution in [-0.4, -0.2) is 78.7 Å². The Morgan fingerprint density at radius 1 is 1.15 bits per heavy atom. The van der Waals surface area contributed by atoms with Crippen molar-refractivity contribution in [2.75, 3.05) is 26.7 Å². The number of aliphatic hydroxyl groups excluding tert-OH is 1. The number of carbonyl (C=O) groups excluding carboxylic acids is 3. The molecule has 218 valence electrons. The van der Waals surface area contributed by atoms with Gasteiger partial charge in [0.1, 0.15) is 30.3 Å². The number of hydrogen-bond acceptors (Lipinski definition) is 6. The smallest absolute Gasteiger partial charge is 0.246 e. The molecule has 0 radical (unpaired) electrons. The number of hydrogen-bond donors (Lipinski definition) is 4. The summed E-state index contributed by atoms with van der Waals surface area (Å²) in [4.78, 5) is 41.8. The van der Waals surface area contributed by atoms with E-state index in [1.807, 2.05) is 37.3 Å². The maximum absolute atomic E-state index is 14.0. The fourth-order valence-corrected chi connectivity index (χ4v) is 4.97. The van der Waals surface area contributed by atoms with Crippen molar-refractivity contribution in [2.45, 2.75) is 57.3 Å². The predicted octanol–water partition coefficient (Wildman–Crippen LogP) is 1.38. The number of rotatable bonds is 4. The minimum absolute atomic E-state index is 0.0309. The molecule has 1 aliphatic carbocycles. The molecule has 41 heavy (non-hydrogen) atoms. The molecule has 1 saturated carbocycles. The van der Waals surface area contributed by atoms with E-state index in [4.69, 9.17) is 4.74 Å². The minimum Gasteiger partial charge on any atom is -0.491 e. The highest BCUT2D eigenvalue weighted by Crippen LogP contribution is 2.48. The van der Waals surface area contributed by atoms with Crippen LogP contribution in [0.5, 0.6) is 5.75 Å². The zero-order chi connectivity index (χ0) is 29.6. The molecule has 2 aliphatic rings. The Labute approximate surface area is 239 Å². The fraction of sp³-hybridized carbons (Fsp3) is 0.452.